The topological polar surface area (TPSA) is 68.3 Å². The molecule has 0 bridgehead atoms. The van der Waals surface area contributed by atoms with E-state index in [0.29, 0.717) is 11.9 Å². The molecule has 0 aliphatic rings. The third kappa shape index (κ3) is 6.10. The Morgan fingerprint density at radius 1 is 0.962 bits per heavy atom. The number of hydrogen-bond acceptors (Lipinski definition) is 6. The van der Waals surface area contributed by atoms with Crippen LogP contribution in [0.3, 0.4) is 0 Å². The van der Waals surface area contributed by atoms with Gasteiger partial charge in [-0.1, -0.05) is 19.9 Å². The fourth-order valence-electron chi connectivity index (χ4n) is 2.58. The second kappa shape index (κ2) is 9.85. The highest BCUT2D eigenvalue weighted by molar-refractivity contribution is 5.44. The molecule has 0 aliphatic carbocycles. The molecular weight excluding hydrogens is 328 g/mol. The van der Waals surface area contributed by atoms with Crippen LogP contribution in [0.5, 0.6) is 11.5 Å². The third-order valence-corrected chi connectivity index (χ3v) is 4.03. The van der Waals surface area contributed by atoms with Gasteiger partial charge in [-0.05, 0) is 43.4 Å². The number of rotatable bonds is 10. The van der Waals surface area contributed by atoms with E-state index >= 15 is 0 Å². The molecule has 2 aromatic rings. The third-order valence-electron chi connectivity index (χ3n) is 4.03. The Hall–Kier alpha value is -2.50. The van der Waals surface area contributed by atoms with Gasteiger partial charge >= 0.3 is 0 Å². The van der Waals surface area contributed by atoms with Gasteiger partial charge in [0.15, 0.2) is 11.5 Å². The van der Waals surface area contributed by atoms with Crippen LogP contribution in [0.15, 0.2) is 24.3 Å². The average Bonchev–Trinajstić information content (AvgIpc) is 2.61. The Labute approximate surface area is 156 Å². The molecule has 2 N–H and O–H groups in total. The fraction of sp³-hybridized carbons (Fsp3) is 0.500. The number of nitrogens with one attached hydrogen (secondary N) is 2. The Balaban J connectivity index is 1.91. The number of anilines is 2. The Morgan fingerprint density at radius 3 is 2.42 bits per heavy atom. The van der Waals surface area contributed by atoms with Crippen molar-refractivity contribution in [3.05, 3.63) is 35.5 Å². The van der Waals surface area contributed by atoms with Crippen LogP contribution in [0, 0.1) is 12.8 Å². The first-order chi connectivity index (χ1) is 12.5. The molecule has 26 heavy (non-hydrogen) atoms. The molecule has 0 fully saturated rings. The number of methoxy groups -OCH3 is 2. The van der Waals surface area contributed by atoms with Crippen LogP contribution in [0.1, 0.15) is 31.5 Å². The standard InChI is InChI=1S/C20H30N4O2/c1-14(2)8-10-22-20-23-15(3)12-19(24-20)21-11-9-16-6-7-17(25-4)18(13-16)26-5/h6-7,12-14H,8-11H2,1-5H3,(H2,21,22,23,24). The molecule has 0 spiro atoms. The van der Waals surface area contributed by atoms with E-state index in [2.05, 4.69) is 34.4 Å². The summed E-state index contributed by atoms with van der Waals surface area (Å²) in [4.78, 5) is 8.99. The normalized spacial score (nSPS) is 10.7. The minimum Gasteiger partial charge on any atom is -0.493 e. The van der Waals surface area contributed by atoms with Gasteiger partial charge in [0.2, 0.25) is 5.95 Å². The van der Waals surface area contributed by atoms with Crippen molar-refractivity contribution in [2.75, 3.05) is 37.9 Å². The van der Waals surface area contributed by atoms with Gasteiger partial charge in [0.1, 0.15) is 5.82 Å². The van der Waals surface area contributed by atoms with E-state index in [1.54, 1.807) is 14.2 Å². The first kappa shape index (κ1) is 19.8. The molecule has 0 amide bonds. The Kier molecular flexibility index (Phi) is 7.51. The summed E-state index contributed by atoms with van der Waals surface area (Å²) in [6.45, 7) is 8.05. The molecule has 0 aliphatic heterocycles. The van der Waals surface area contributed by atoms with E-state index in [1.165, 1.54) is 5.56 Å². The summed E-state index contributed by atoms with van der Waals surface area (Å²) in [5.74, 6) is 3.67. The lowest BCUT2D eigenvalue weighted by Crippen LogP contribution is -2.11. The number of benzene rings is 1. The second-order valence-corrected chi connectivity index (χ2v) is 6.69. The van der Waals surface area contributed by atoms with Crippen molar-refractivity contribution >= 4 is 11.8 Å². The maximum atomic E-state index is 5.35. The van der Waals surface area contributed by atoms with Gasteiger partial charge in [0.05, 0.1) is 14.2 Å². The molecule has 1 heterocycles. The van der Waals surface area contributed by atoms with Gasteiger partial charge in [0, 0.05) is 24.8 Å². The van der Waals surface area contributed by atoms with Crippen LogP contribution in [0.2, 0.25) is 0 Å². The minimum absolute atomic E-state index is 0.659. The molecule has 0 saturated heterocycles. The van der Waals surface area contributed by atoms with Crippen molar-refractivity contribution in [3.8, 4) is 11.5 Å². The molecular formula is C20H30N4O2. The number of nitrogens with zero attached hydrogens (tertiary/aromatic N) is 2. The van der Waals surface area contributed by atoms with Gasteiger partial charge in [-0.15, -0.1) is 0 Å². The maximum Gasteiger partial charge on any atom is 0.224 e. The van der Waals surface area contributed by atoms with Crippen LogP contribution in [-0.2, 0) is 6.42 Å². The zero-order valence-electron chi connectivity index (χ0n) is 16.4. The second-order valence-electron chi connectivity index (χ2n) is 6.69. The number of aromatic nitrogens is 2. The number of aryl methyl sites for hydroxylation is 1. The monoisotopic (exact) mass is 358 g/mol. The molecule has 1 aromatic carbocycles. The molecule has 0 radical (unpaired) electrons. The van der Waals surface area contributed by atoms with Crippen molar-refractivity contribution in [2.24, 2.45) is 5.92 Å². The predicted octanol–water partition coefficient (Wildman–Crippen LogP) is 3.91. The van der Waals surface area contributed by atoms with E-state index in [9.17, 15) is 0 Å². The first-order valence-electron chi connectivity index (χ1n) is 9.06. The molecule has 0 unspecified atom stereocenters. The lowest BCUT2D eigenvalue weighted by atomic mass is 10.1. The van der Waals surface area contributed by atoms with E-state index in [-0.39, 0.29) is 0 Å². The van der Waals surface area contributed by atoms with Gasteiger partial charge in [-0.3, -0.25) is 0 Å². The Morgan fingerprint density at radius 2 is 1.73 bits per heavy atom. The van der Waals surface area contributed by atoms with Crippen molar-refractivity contribution < 1.29 is 9.47 Å². The smallest absolute Gasteiger partial charge is 0.224 e. The molecule has 0 atom stereocenters. The highest BCUT2D eigenvalue weighted by atomic mass is 16.5. The maximum absolute atomic E-state index is 5.35. The quantitative estimate of drug-likeness (QED) is 0.671. The van der Waals surface area contributed by atoms with Crippen molar-refractivity contribution in [3.63, 3.8) is 0 Å². The van der Waals surface area contributed by atoms with Gasteiger partial charge in [0.25, 0.3) is 0 Å². The summed E-state index contributed by atoms with van der Waals surface area (Å²) < 4.78 is 10.6. The summed E-state index contributed by atoms with van der Waals surface area (Å²) in [7, 11) is 3.29. The van der Waals surface area contributed by atoms with Crippen molar-refractivity contribution in [1.29, 1.82) is 0 Å². The van der Waals surface area contributed by atoms with Crippen LogP contribution in [0.25, 0.3) is 0 Å². The SMILES string of the molecule is COc1ccc(CCNc2cc(C)nc(NCCC(C)C)n2)cc1OC. The van der Waals surface area contributed by atoms with Gasteiger partial charge < -0.3 is 20.1 Å². The van der Waals surface area contributed by atoms with E-state index in [4.69, 9.17) is 9.47 Å². The average molecular weight is 358 g/mol. The van der Waals surface area contributed by atoms with E-state index < -0.39 is 0 Å². The highest BCUT2D eigenvalue weighted by Crippen LogP contribution is 2.27. The van der Waals surface area contributed by atoms with Gasteiger partial charge in [-0.2, -0.15) is 4.98 Å². The summed E-state index contributed by atoms with van der Waals surface area (Å²) in [5, 5.41) is 6.68. The lowest BCUT2D eigenvalue weighted by molar-refractivity contribution is 0.354. The molecule has 2 rings (SSSR count). The minimum atomic E-state index is 0.659. The zero-order chi connectivity index (χ0) is 18.9. The first-order valence-corrected chi connectivity index (χ1v) is 9.06. The summed E-state index contributed by atoms with van der Waals surface area (Å²) in [6, 6.07) is 7.94. The highest BCUT2D eigenvalue weighted by Gasteiger charge is 2.06. The van der Waals surface area contributed by atoms with E-state index in [0.717, 1.165) is 48.9 Å². The summed E-state index contributed by atoms with van der Waals surface area (Å²) in [5.41, 5.74) is 2.12. The number of ether oxygens (including phenoxy) is 2. The fourth-order valence-corrected chi connectivity index (χ4v) is 2.58. The van der Waals surface area contributed by atoms with Crippen LogP contribution >= 0.6 is 0 Å². The van der Waals surface area contributed by atoms with Crippen LogP contribution in [-0.4, -0.2) is 37.3 Å². The molecule has 6 heteroatoms. The molecule has 1 aromatic heterocycles. The lowest BCUT2D eigenvalue weighted by Gasteiger charge is -2.12. The largest absolute Gasteiger partial charge is 0.493 e. The van der Waals surface area contributed by atoms with Crippen molar-refractivity contribution in [1.82, 2.24) is 9.97 Å². The van der Waals surface area contributed by atoms with Gasteiger partial charge in [-0.25, -0.2) is 4.98 Å². The summed E-state index contributed by atoms with van der Waals surface area (Å²) in [6.07, 6.45) is 1.96. The Bertz CT molecular complexity index is 704. The summed E-state index contributed by atoms with van der Waals surface area (Å²) >= 11 is 0. The predicted molar refractivity (Wildman–Crippen MR) is 106 cm³/mol. The molecule has 6 nitrogen and oxygen atoms in total. The van der Waals surface area contributed by atoms with Crippen LogP contribution < -0.4 is 20.1 Å². The van der Waals surface area contributed by atoms with Crippen LogP contribution in [0.4, 0.5) is 11.8 Å². The van der Waals surface area contributed by atoms with E-state index in [1.807, 2.05) is 31.2 Å². The molecule has 142 valence electrons. The zero-order valence-corrected chi connectivity index (χ0v) is 16.4. The molecule has 0 saturated carbocycles. The number of hydrogen-bond donors (Lipinski definition) is 2. The van der Waals surface area contributed by atoms with Crippen molar-refractivity contribution in [2.45, 2.75) is 33.6 Å².